The van der Waals surface area contributed by atoms with E-state index in [-0.39, 0.29) is 31.7 Å². The molecule has 0 bridgehead atoms. The van der Waals surface area contributed by atoms with Crippen molar-refractivity contribution in [2.45, 2.75) is 84.8 Å². The summed E-state index contributed by atoms with van der Waals surface area (Å²) >= 11 is 0. The molecule has 0 radical (unpaired) electrons. The average Bonchev–Trinajstić information content (AvgIpc) is 2.78. The number of carbonyl (C=O) groups excluding carboxylic acids is 1. The van der Waals surface area contributed by atoms with E-state index in [9.17, 15) is 19.1 Å². The molecule has 1 aromatic rings. The first kappa shape index (κ1) is 29.4. The number of unbranched alkanes of at least 4 members (excludes halogenated alkanes) is 2. The molecule has 1 aromatic carbocycles. The van der Waals surface area contributed by atoms with E-state index < -0.39 is 19.2 Å². The summed E-state index contributed by atoms with van der Waals surface area (Å²) in [6.07, 6.45) is 3.71. The molecular formula is C24H42NO7P. The Hall–Kier alpha value is -1.60. The van der Waals surface area contributed by atoms with Crippen LogP contribution in [0.3, 0.4) is 0 Å². The second-order valence-electron chi connectivity index (χ2n) is 8.96. The zero-order valence-electron chi connectivity index (χ0n) is 20.8. The highest BCUT2D eigenvalue weighted by molar-refractivity contribution is 7.51. The van der Waals surface area contributed by atoms with Crippen LogP contribution < -0.4 is 4.74 Å². The van der Waals surface area contributed by atoms with Crippen LogP contribution in [0.1, 0.15) is 78.2 Å². The summed E-state index contributed by atoms with van der Waals surface area (Å²) in [4.78, 5) is 38.5. The largest absolute Gasteiger partial charge is 0.497 e. The summed E-state index contributed by atoms with van der Waals surface area (Å²) in [5, 5.41) is 1.28. The normalized spacial score (nSPS) is 12.1. The van der Waals surface area contributed by atoms with Gasteiger partial charge in [0.05, 0.1) is 25.4 Å². The van der Waals surface area contributed by atoms with Gasteiger partial charge in [0.1, 0.15) is 12.4 Å². The molecule has 9 heteroatoms. The van der Waals surface area contributed by atoms with Crippen molar-refractivity contribution in [1.82, 2.24) is 5.06 Å². The van der Waals surface area contributed by atoms with Gasteiger partial charge in [0.15, 0.2) is 0 Å². The number of benzene rings is 1. The van der Waals surface area contributed by atoms with Crippen LogP contribution in [-0.2, 0) is 20.7 Å². The summed E-state index contributed by atoms with van der Waals surface area (Å²) in [7, 11) is -2.67. The third kappa shape index (κ3) is 10.9. The Labute approximate surface area is 198 Å². The third-order valence-electron chi connectivity index (χ3n) is 5.52. The summed E-state index contributed by atoms with van der Waals surface area (Å²) < 4.78 is 22.5. The van der Waals surface area contributed by atoms with E-state index in [2.05, 4.69) is 0 Å². The van der Waals surface area contributed by atoms with Gasteiger partial charge in [-0.1, -0.05) is 65.5 Å². The SMILES string of the molecule is CCCCC(CCCC)(CCP(=O)(O)O)N(OCc1ccc(OC)cc1)C(=O)OCC(C)C. The molecule has 190 valence electrons. The van der Waals surface area contributed by atoms with Gasteiger partial charge in [0.2, 0.25) is 0 Å². The lowest BCUT2D eigenvalue weighted by Gasteiger charge is -2.42. The molecule has 0 aliphatic carbocycles. The molecule has 0 saturated heterocycles. The number of hydroxylamine groups is 2. The monoisotopic (exact) mass is 487 g/mol. The van der Waals surface area contributed by atoms with Gasteiger partial charge in [-0.25, -0.2) is 4.79 Å². The maximum atomic E-state index is 13.2. The Kier molecular flexibility index (Phi) is 13.0. The van der Waals surface area contributed by atoms with Crippen molar-refractivity contribution < 1.29 is 33.5 Å². The quantitative estimate of drug-likeness (QED) is 0.221. The van der Waals surface area contributed by atoms with E-state index >= 15 is 0 Å². The fourth-order valence-electron chi connectivity index (χ4n) is 3.59. The highest BCUT2D eigenvalue weighted by Gasteiger charge is 2.42. The van der Waals surface area contributed by atoms with Gasteiger partial charge >= 0.3 is 13.7 Å². The molecule has 0 fully saturated rings. The Morgan fingerprint density at radius 2 is 1.64 bits per heavy atom. The number of methoxy groups -OCH3 is 1. The van der Waals surface area contributed by atoms with E-state index in [1.165, 1.54) is 5.06 Å². The predicted molar refractivity (Wildman–Crippen MR) is 129 cm³/mol. The first-order valence-corrected chi connectivity index (χ1v) is 13.6. The Balaban J connectivity index is 3.29. The van der Waals surface area contributed by atoms with Gasteiger partial charge in [0, 0.05) is 0 Å². The first-order chi connectivity index (χ1) is 15.6. The van der Waals surface area contributed by atoms with Gasteiger partial charge in [0.25, 0.3) is 0 Å². The zero-order chi connectivity index (χ0) is 24.9. The Morgan fingerprint density at radius 3 is 2.09 bits per heavy atom. The topological polar surface area (TPSA) is 106 Å². The summed E-state index contributed by atoms with van der Waals surface area (Å²) in [5.41, 5.74) is -0.0273. The van der Waals surface area contributed by atoms with Crippen molar-refractivity contribution in [2.75, 3.05) is 19.9 Å². The van der Waals surface area contributed by atoms with Crippen molar-refractivity contribution in [3.8, 4) is 5.75 Å². The molecule has 0 aliphatic heterocycles. The van der Waals surface area contributed by atoms with Crippen molar-refractivity contribution in [3.63, 3.8) is 0 Å². The van der Waals surface area contributed by atoms with E-state index in [4.69, 9.17) is 14.3 Å². The standard InChI is InChI=1S/C24H42NO7P/c1-6-8-14-24(15-9-7-2,16-17-33(27,28)29)25(23(26)31-18-20(3)4)32-19-21-10-12-22(30-5)13-11-21/h10-13,20H,6-9,14-19H2,1-5H3,(H2,27,28,29). The smallest absolute Gasteiger partial charge is 0.434 e. The number of rotatable bonds is 16. The highest BCUT2D eigenvalue weighted by Crippen LogP contribution is 2.42. The fraction of sp³-hybridized carbons (Fsp3) is 0.708. The molecule has 1 amide bonds. The van der Waals surface area contributed by atoms with E-state index in [0.717, 1.165) is 31.2 Å². The minimum atomic E-state index is -4.26. The highest BCUT2D eigenvalue weighted by atomic mass is 31.2. The van der Waals surface area contributed by atoms with Crippen LogP contribution >= 0.6 is 7.60 Å². The molecule has 33 heavy (non-hydrogen) atoms. The number of hydrogen-bond donors (Lipinski definition) is 2. The lowest BCUT2D eigenvalue weighted by atomic mass is 9.84. The van der Waals surface area contributed by atoms with Crippen molar-refractivity contribution >= 4 is 13.7 Å². The Morgan fingerprint density at radius 1 is 1.06 bits per heavy atom. The third-order valence-corrected chi connectivity index (χ3v) is 6.32. The molecule has 0 saturated carbocycles. The number of ether oxygens (including phenoxy) is 2. The molecule has 2 N–H and O–H groups in total. The maximum absolute atomic E-state index is 13.2. The van der Waals surface area contributed by atoms with Gasteiger partial charge in [-0.2, -0.15) is 5.06 Å². The van der Waals surface area contributed by atoms with Crippen LogP contribution in [0.2, 0.25) is 0 Å². The second-order valence-corrected chi connectivity index (χ2v) is 10.7. The predicted octanol–water partition coefficient (Wildman–Crippen LogP) is 5.91. The number of hydrogen-bond acceptors (Lipinski definition) is 5. The molecule has 0 aromatic heterocycles. The summed E-state index contributed by atoms with van der Waals surface area (Å²) in [6.45, 7) is 8.35. The number of nitrogens with zero attached hydrogens (tertiary/aromatic N) is 1. The second kappa shape index (κ2) is 14.6. The maximum Gasteiger partial charge on any atom is 0.434 e. The van der Waals surface area contributed by atoms with Crippen LogP contribution in [-0.4, -0.2) is 46.4 Å². The molecule has 0 atom stereocenters. The van der Waals surface area contributed by atoms with E-state index in [1.54, 1.807) is 7.11 Å². The van der Waals surface area contributed by atoms with Gasteiger partial charge < -0.3 is 19.3 Å². The van der Waals surface area contributed by atoms with Crippen molar-refractivity contribution in [1.29, 1.82) is 0 Å². The average molecular weight is 488 g/mol. The minimum absolute atomic E-state index is 0.122. The van der Waals surface area contributed by atoms with Gasteiger partial charge in [-0.3, -0.25) is 9.40 Å². The number of amides is 1. The van der Waals surface area contributed by atoms with E-state index in [0.29, 0.717) is 18.6 Å². The summed E-state index contributed by atoms with van der Waals surface area (Å²) in [6, 6.07) is 7.34. The van der Waals surface area contributed by atoms with E-state index in [1.807, 2.05) is 52.0 Å². The lowest BCUT2D eigenvalue weighted by molar-refractivity contribution is -0.211. The molecule has 0 aliphatic rings. The summed E-state index contributed by atoms with van der Waals surface area (Å²) in [5.74, 6) is 0.863. The molecule has 0 unspecified atom stereocenters. The molecule has 0 spiro atoms. The Bertz CT molecular complexity index is 725. The van der Waals surface area contributed by atoms with Gasteiger partial charge in [-0.15, -0.1) is 0 Å². The molecule has 8 nitrogen and oxygen atoms in total. The molecule has 0 heterocycles. The first-order valence-electron chi connectivity index (χ1n) is 11.8. The van der Waals surface area contributed by atoms with Crippen LogP contribution in [0.4, 0.5) is 4.79 Å². The van der Waals surface area contributed by atoms with Crippen LogP contribution in [0.25, 0.3) is 0 Å². The van der Waals surface area contributed by atoms with Crippen LogP contribution in [0, 0.1) is 5.92 Å². The molecule has 1 rings (SSSR count). The minimum Gasteiger partial charge on any atom is -0.497 e. The van der Waals surface area contributed by atoms with Gasteiger partial charge in [-0.05, 0) is 42.9 Å². The molecular weight excluding hydrogens is 445 g/mol. The number of carbonyl (C=O) groups is 1. The zero-order valence-corrected chi connectivity index (χ0v) is 21.7. The lowest BCUT2D eigenvalue weighted by Crippen LogP contribution is -2.52. The van der Waals surface area contributed by atoms with Crippen LogP contribution in [0.5, 0.6) is 5.75 Å². The fourth-order valence-corrected chi connectivity index (χ4v) is 4.29. The van der Waals surface area contributed by atoms with Crippen molar-refractivity contribution in [3.05, 3.63) is 29.8 Å². The van der Waals surface area contributed by atoms with Crippen molar-refractivity contribution in [2.24, 2.45) is 5.92 Å². The van der Waals surface area contributed by atoms with Crippen LogP contribution in [0.15, 0.2) is 24.3 Å².